The van der Waals surface area contributed by atoms with Crippen molar-refractivity contribution in [2.45, 2.75) is 19.9 Å². The van der Waals surface area contributed by atoms with E-state index in [0.717, 1.165) is 31.1 Å². The summed E-state index contributed by atoms with van der Waals surface area (Å²) in [5, 5.41) is 14.4. The van der Waals surface area contributed by atoms with Gasteiger partial charge in [0, 0.05) is 18.0 Å². The van der Waals surface area contributed by atoms with Gasteiger partial charge in [-0.05, 0) is 52.9 Å². The van der Waals surface area contributed by atoms with E-state index in [9.17, 15) is 0 Å². The molecule has 106 valence electrons. The van der Waals surface area contributed by atoms with E-state index >= 15 is 0 Å². The Morgan fingerprint density at radius 2 is 2.00 bits per heavy atom. The molecule has 0 bridgehead atoms. The van der Waals surface area contributed by atoms with Gasteiger partial charge in [-0.15, -0.1) is 11.3 Å². The quantitative estimate of drug-likeness (QED) is 0.729. The van der Waals surface area contributed by atoms with Gasteiger partial charge in [0.1, 0.15) is 0 Å². The van der Waals surface area contributed by atoms with Crippen LogP contribution in [0.15, 0.2) is 35.7 Å². The van der Waals surface area contributed by atoms with Crippen molar-refractivity contribution in [1.29, 1.82) is 0 Å². The number of hydrogen-bond acceptors (Lipinski definition) is 5. The van der Waals surface area contributed by atoms with Crippen LogP contribution in [-0.4, -0.2) is 26.8 Å². The largest absolute Gasteiger partial charge is 0.335 e. The van der Waals surface area contributed by atoms with Crippen molar-refractivity contribution in [3.05, 3.63) is 51.7 Å². The average molecular weight is 297 g/mol. The molecule has 1 aromatic carbocycles. The lowest BCUT2D eigenvalue weighted by molar-refractivity contribution is 0.697. The summed E-state index contributed by atoms with van der Waals surface area (Å²) in [5.41, 5.74) is 3.62. The lowest BCUT2D eigenvalue weighted by atomic mass is 10.1. The molecule has 0 spiro atoms. The Kier molecular flexibility index (Phi) is 2.96. The van der Waals surface area contributed by atoms with Crippen molar-refractivity contribution >= 4 is 17.3 Å². The molecule has 1 aliphatic rings. The molecule has 0 aliphatic carbocycles. The van der Waals surface area contributed by atoms with Gasteiger partial charge < -0.3 is 4.90 Å². The maximum atomic E-state index is 4.23. The number of anilines is 1. The maximum Gasteiger partial charge on any atom is 0.250 e. The molecule has 2 aromatic heterocycles. The van der Waals surface area contributed by atoms with Crippen LogP contribution in [0.5, 0.6) is 0 Å². The van der Waals surface area contributed by atoms with E-state index in [0.29, 0.717) is 0 Å². The summed E-state index contributed by atoms with van der Waals surface area (Å²) in [7, 11) is 0. The zero-order valence-electron chi connectivity index (χ0n) is 11.7. The molecule has 6 heteroatoms. The molecule has 0 atom stereocenters. The molecule has 0 N–H and O–H groups in total. The molecule has 21 heavy (non-hydrogen) atoms. The second-order valence-electron chi connectivity index (χ2n) is 5.27. The number of rotatable bonds is 2. The molecule has 3 aromatic rings. The minimum Gasteiger partial charge on any atom is -0.335 e. The molecule has 4 rings (SSSR count). The predicted molar refractivity (Wildman–Crippen MR) is 83.0 cm³/mol. The Labute approximate surface area is 126 Å². The Bertz CT molecular complexity index is 758. The monoisotopic (exact) mass is 297 g/mol. The normalized spacial score (nSPS) is 14.2. The van der Waals surface area contributed by atoms with Gasteiger partial charge >= 0.3 is 0 Å². The third kappa shape index (κ3) is 2.21. The molecule has 0 saturated carbocycles. The number of benzene rings is 1. The van der Waals surface area contributed by atoms with Crippen LogP contribution >= 0.6 is 11.3 Å². The molecule has 0 amide bonds. The van der Waals surface area contributed by atoms with Crippen molar-refractivity contribution in [3.8, 4) is 5.69 Å². The fourth-order valence-electron chi connectivity index (χ4n) is 2.65. The predicted octanol–water partition coefficient (Wildman–Crippen LogP) is 2.59. The summed E-state index contributed by atoms with van der Waals surface area (Å²) in [6.45, 7) is 3.91. The van der Waals surface area contributed by atoms with Crippen molar-refractivity contribution in [2.75, 3.05) is 11.4 Å². The minimum absolute atomic E-state index is 0.815. The average Bonchev–Trinajstić information content (AvgIpc) is 3.16. The van der Waals surface area contributed by atoms with Crippen LogP contribution in [0.1, 0.15) is 16.0 Å². The first kappa shape index (κ1) is 12.5. The summed E-state index contributed by atoms with van der Waals surface area (Å²) < 4.78 is 1.82. The van der Waals surface area contributed by atoms with Gasteiger partial charge in [-0.2, -0.15) is 4.68 Å². The van der Waals surface area contributed by atoms with Crippen LogP contribution < -0.4 is 4.90 Å². The molecular formula is C15H15N5S. The summed E-state index contributed by atoms with van der Waals surface area (Å²) >= 11 is 1.84. The Balaban J connectivity index is 1.68. The van der Waals surface area contributed by atoms with Crippen LogP contribution in [0.4, 0.5) is 5.95 Å². The highest BCUT2D eigenvalue weighted by atomic mass is 32.1. The number of thiophene rings is 1. The number of aryl methyl sites for hydroxylation is 1. The third-order valence-electron chi connectivity index (χ3n) is 3.82. The zero-order chi connectivity index (χ0) is 14.2. The van der Waals surface area contributed by atoms with Crippen molar-refractivity contribution in [1.82, 2.24) is 20.2 Å². The first-order chi connectivity index (χ1) is 10.3. The van der Waals surface area contributed by atoms with Crippen LogP contribution in [-0.2, 0) is 13.0 Å². The highest BCUT2D eigenvalue weighted by molar-refractivity contribution is 7.10. The number of aromatic nitrogens is 4. The van der Waals surface area contributed by atoms with E-state index in [1.165, 1.54) is 16.0 Å². The fourth-order valence-corrected chi connectivity index (χ4v) is 3.54. The molecule has 0 fully saturated rings. The fraction of sp³-hybridized carbons (Fsp3) is 0.267. The molecule has 0 unspecified atom stereocenters. The van der Waals surface area contributed by atoms with E-state index in [4.69, 9.17) is 0 Å². The van der Waals surface area contributed by atoms with E-state index in [1.807, 2.05) is 16.0 Å². The first-order valence-electron chi connectivity index (χ1n) is 6.97. The highest BCUT2D eigenvalue weighted by Crippen LogP contribution is 2.27. The standard InChI is InChI=1S/C15H15N5S/c1-11-2-4-13(5-3-11)20-15(16-17-18-20)19-8-6-14-12(10-19)7-9-21-14/h2-5,7,9H,6,8,10H2,1H3. The van der Waals surface area contributed by atoms with E-state index in [-0.39, 0.29) is 0 Å². The summed E-state index contributed by atoms with van der Waals surface area (Å²) in [6, 6.07) is 10.5. The van der Waals surface area contributed by atoms with Crippen LogP contribution in [0.2, 0.25) is 0 Å². The SMILES string of the molecule is Cc1ccc(-n2nnnc2N2CCc3sccc3C2)cc1. The Morgan fingerprint density at radius 1 is 1.14 bits per heavy atom. The number of nitrogens with zero attached hydrogens (tertiary/aromatic N) is 5. The highest BCUT2D eigenvalue weighted by Gasteiger charge is 2.22. The van der Waals surface area contributed by atoms with Gasteiger partial charge in [0.05, 0.1) is 5.69 Å². The van der Waals surface area contributed by atoms with E-state index < -0.39 is 0 Å². The first-order valence-corrected chi connectivity index (χ1v) is 7.85. The Morgan fingerprint density at radius 3 is 2.86 bits per heavy atom. The molecule has 0 saturated heterocycles. The Hall–Kier alpha value is -2.21. The second kappa shape index (κ2) is 4.96. The third-order valence-corrected chi connectivity index (χ3v) is 4.85. The van der Waals surface area contributed by atoms with Gasteiger partial charge in [-0.3, -0.25) is 0 Å². The van der Waals surface area contributed by atoms with Crippen molar-refractivity contribution in [2.24, 2.45) is 0 Å². The van der Waals surface area contributed by atoms with E-state index in [1.54, 1.807) is 0 Å². The van der Waals surface area contributed by atoms with Crippen LogP contribution in [0.3, 0.4) is 0 Å². The van der Waals surface area contributed by atoms with Gasteiger partial charge in [-0.25, -0.2) is 0 Å². The molecule has 1 aliphatic heterocycles. The minimum atomic E-state index is 0.815. The number of tetrazole rings is 1. The second-order valence-corrected chi connectivity index (χ2v) is 6.27. The molecule has 5 nitrogen and oxygen atoms in total. The number of fused-ring (bicyclic) bond motifs is 1. The van der Waals surface area contributed by atoms with Crippen LogP contribution in [0, 0.1) is 6.92 Å². The molecular weight excluding hydrogens is 282 g/mol. The lowest BCUT2D eigenvalue weighted by Gasteiger charge is -2.27. The summed E-state index contributed by atoms with van der Waals surface area (Å²) in [6.07, 6.45) is 1.06. The van der Waals surface area contributed by atoms with Gasteiger partial charge in [-0.1, -0.05) is 22.8 Å². The topological polar surface area (TPSA) is 46.8 Å². The van der Waals surface area contributed by atoms with Gasteiger partial charge in [0.25, 0.3) is 5.95 Å². The summed E-state index contributed by atoms with van der Waals surface area (Å²) in [5.74, 6) is 0.815. The van der Waals surface area contributed by atoms with Gasteiger partial charge in [0.2, 0.25) is 0 Å². The van der Waals surface area contributed by atoms with Crippen LogP contribution in [0.25, 0.3) is 5.69 Å². The van der Waals surface area contributed by atoms with Crippen molar-refractivity contribution < 1.29 is 0 Å². The zero-order valence-corrected chi connectivity index (χ0v) is 12.5. The number of hydrogen-bond donors (Lipinski definition) is 0. The van der Waals surface area contributed by atoms with Gasteiger partial charge in [0.15, 0.2) is 0 Å². The van der Waals surface area contributed by atoms with E-state index in [2.05, 4.69) is 63.1 Å². The molecule has 0 radical (unpaired) electrons. The lowest BCUT2D eigenvalue weighted by Crippen LogP contribution is -2.31. The smallest absolute Gasteiger partial charge is 0.250 e. The maximum absolute atomic E-state index is 4.23. The van der Waals surface area contributed by atoms with Crippen molar-refractivity contribution in [3.63, 3.8) is 0 Å². The molecule has 3 heterocycles. The summed E-state index contributed by atoms with van der Waals surface area (Å²) in [4.78, 5) is 3.73.